The zero-order valence-corrected chi connectivity index (χ0v) is 7.07. The van der Waals surface area contributed by atoms with Crippen molar-refractivity contribution in [1.82, 2.24) is 5.32 Å². The summed E-state index contributed by atoms with van der Waals surface area (Å²) >= 11 is 0. The Balaban J connectivity index is 0.000000226. The standard InChI is InChI=1S/C5H8N2.C2H2O4/c1-7-5(4-6)2-3-5;3-1(4)2(5)6/h7H,2-3H2,1H3;(H,3,4)(H,5,6). The van der Waals surface area contributed by atoms with Crippen LogP contribution in [0.2, 0.25) is 0 Å². The number of nitriles is 1. The number of hydrogen-bond acceptors (Lipinski definition) is 4. The highest BCUT2D eigenvalue weighted by atomic mass is 16.4. The molecule has 3 N–H and O–H groups in total. The number of carboxylic acid groups (broad SMARTS) is 2. The minimum absolute atomic E-state index is 0.111. The van der Waals surface area contributed by atoms with Gasteiger partial charge in [0.15, 0.2) is 0 Å². The molecule has 0 unspecified atom stereocenters. The SMILES string of the molecule is CNC1(C#N)CC1.O=C(O)C(=O)O. The molecule has 6 nitrogen and oxygen atoms in total. The Morgan fingerprint density at radius 2 is 1.77 bits per heavy atom. The maximum atomic E-state index is 9.10. The van der Waals surface area contributed by atoms with Crippen LogP contribution in [0.25, 0.3) is 0 Å². The summed E-state index contributed by atoms with van der Waals surface area (Å²) in [5.74, 6) is -3.65. The van der Waals surface area contributed by atoms with Crippen LogP contribution in [0.3, 0.4) is 0 Å². The summed E-state index contributed by atoms with van der Waals surface area (Å²) < 4.78 is 0. The third-order valence-electron chi connectivity index (χ3n) is 1.63. The van der Waals surface area contributed by atoms with Crippen molar-refractivity contribution in [1.29, 1.82) is 5.26 Å². The molecule has 6 heteroatoms. The molecular formula is C7H10N2O4. The van der Waals surface area contributed by atoms with Crippen LogP contribution in [0.15, 0.2) is 0 Å². The number of carbonyl (C=O) groups is 2. The Morgan fingerprint density at radius 3 is 1.77 bits per heavy atom. The summed E-state index contributed by atoms with van der Waals surface area (Å²) in [6, 6.07) is 2.19. The van der Waals surface area contributed by atoms with Crippen LogP contribution in [0.5, 0.6) is 0 Å². The Morgan fingerprint density at radius 1 is 1.38 bits per heavy atom. The van der Waals surface area contributed by atoms with Crippen molar-refractivity contribution >= 4 is 11.9 Å². The molecule has 0 amide bonds. The van der Waals surface area contributed by atoms with E-state index in [1.807, 2.05) is 7.05 Å². The molecular weight excluding hydrogens is 176 g/mol. The number of hydrogen-bond donors (Lipinski definition) is 3. The fraction of sp³-hybridized carbons (Fsp3) is 0.571. The molecule has 1 fully saturated rings. The van der Waals surface area contributed by atoms with Gasteiger partial charge in [0.25, 0.3) is 0 Å². The monoisotopic (exact) mass is 186 g/mol. The van der Waals surface area contributed by atoms with Crippen LogP contribution >= 0.6 is 0 Å². The first kappa shape index (κ1) is 11.4. The van der Waals surface area contributed by atoms with Gasteiger partial charge in [-0.1, -0.05) is 0 Å². The number of aliphatic carboxylic acids is 2. The summed E-state index contributed by atoms with van der Waals surface area (Å²) in [6.45, 7) is 0. The van der Waals surface area contributed by atoms with Gasteiger partial charge in [-0.3, -0.25) is 0 Å². The second kappa shape index (κ2) is 4.42. The van der Waals surface area contributed by atoms with Crippen LogP contribution in [0.1, 0.15) is 12.8 Å². The van der Waals surface area contributed by atoms with Gasteiger partial charge in [-0.15, -0.1) is 0 Å². The van der Waals surface area contributed by atoms with E-state index in [4.69, 9.17) is 25.1 Å². The van der Waals surface area contributed by atoms with E-state index in [0.29, 0.717) is 0 Å². The highest BCUT2D eigenvalue weighted by Crippen LogP contribution is 2.33. The third kappa shape index (κ3) is 4.08. The van der Waals surface area contributed by atoms with Gasteiger partial charge in [0, 0.05) is 0 Å². The molecule has 0 radical (unpaired) electrons. The average molecular weight is 186 g/mol. The van der Waals surface area contributed by atoms with Gasteiger partial charge < -0.3 is 15.5 Å². The quantitative estimate of drug-likeness (QED) is 0.472. The zero-order valence-electron chi connectivity index (χ0n) is 7.07. The first-order chi connectivity index (χ1) is 5.97. The van der Waals surface area contributed by atoms with E-state index in [1.54, 1.807) is 0 Å². The van der Waals surface area contributed by atoms with Crippen LogP contribution in [-0.4, -0.2) is 34.7 Å². The van der Waals surface area contributed by atoms with Crippen LogP contribution in [0.4, 0.5) is 0 Å². The van der Waals surface area contributed by atoms with Crippen molar-refractivity contribution in [3.05, 3.63) is 0 Å². The number of carboxylic acids is 2. The number of nitrogens with one attached hydrogen (secondary N) is 1. The maximum absolute atomic E-state index is 9.10. The summed E-state index contributed by atoms with van der Waals surface area (Å²) in [4.78, 5) is 18.2. The molecule has 72 valence electrons. The third-order valence-corrected chi connectivity index (χ3v) is 1.63. The van der Waals surface area contributed by atoms with Crippen LogP contribution in [0, 0.1) is 11.3 Å². The molecule has 0 aromatic rings. The van der Waals surface area contributed by atoms with E-state index >= 15 is 0 Å². The molecule has 13 heavy (non-hydrogen) atoms. The first-order valence-corrected chi connectivity index (χ1v) is 3.54. The van der Waals surface area contributed by atoms with Gasteiger partial charge in [-0.2, -0.15) is 5.26 Å². The molecule has 0 aromatic carbocycles. The van der Waals surface area contributed by atoms with Gasteiger partial charge in [0.05, 0.1) is 6.07 Å². The van der Waals surface area contributed by atoms with Gasteiger partial charge in [0.1, 0.15) is 5.54 Å². The lowest BCUT2D eigenvalue weighted by Crippen LogP contribution is -2.24. The lowest BCUT2D eigenvalue weighted by molar-refractivity contribution is -0.159. The highest BCUT2D eigenvalue weighted by molar-refractivity contribution is 6.27. The molecule has 0 heterocycles. The lowest BCUT2D eigenvalue weighted by atomic mass is 10.3. The zero-order chi connectivity index (χ0) is 10.5. The van der Waals surface area contributed by atoms with E-state index in [-0.39, 0.29) is 5.54 Å². The van der Waals surface area contributed by atoms with Crippen LogP contribution < -0.4 is 5.32 Å². The van der Waals surface area contributed by atoms with Crippen molar-refractivity contribution in [2.45, 2.75) is 18.4 Å². The molecule has 1 rings (SSSR count). The lowest BCUT2D eigenvalue weighted by Gasteiger charge is -1.97. The normalized spacial score (nSPS) is 16.0. The molecule has 1 saturated carbocycles. The van der Waals surface area contributed by atoms with E-state index in [1.165, 1.54) is 0 Å². The molecule has 0 bridgehead atoms. The van der Waals surface area contributed by atoms with Crippen LogP contribution in [-0.2, 0) is 9.59 Å². The Kier molecular flexibility index (Phi) is 3.88. The number of rotatable bonds is 1. The molecule has 0 saturated heterocycles. The molecule has 0 aromatic heterocycles. The average Bonchev–Trinajstić information content (AvgIpc) is 2.85. The fourth-order valence-corrected chi connectivity index (χ4v) is 0.543. The summed E-state index contributed by atoms with van der Waals surface area (Å²) in [5, 5.41) is 26.1. The fourth-order valence-electron chi connectivity index (χ4n) is 0.543. The minimum atomic E-state index is -1.82. The van der Waals surface area contributed by atoms with Crippen molar-refractivity contribution in [2.75, 3.05) is 7.05 Å². The Bertz CT molecular complexity index is 240. The molecule has 0 spiro atoms. The van der Waals surface area contributed by atoms with Crippen molar-refractivity contribution in [3.8, 4) is 6.07 Å². The van der Waals surface area contributed by atoms with Gasteiger partial charge in [-0.05, 0) is 19.9 Å². The van der Waals surface area contributed by atoms with E-state index in [0.717, 1.165) is 12.8 Å². The van der Waals surface area contributed by atoms with Crippen molar-refractivity contribution in [2.24, 2.45) is 0 Å². The van der Waals surface area contributed by atoms with E-state index < -0.39 is 11.9 Å². The van der Waals surface area contributed by atoms with E-state index in [2.05, 4.69) is 11.4 Å². The summed E-state index contributed by atoms with van der Waals surface area (Å²) in [7, 11) is 1.83. The molecule has 0 atom stereocenters. The molecule has 1 aliphatic carbocycles. The summed E-state index contributed by atoms with van der Waals surface area (Å²) in [6.07, 6.45) is 2.06. The largest absolute Gasteiger partial charge is 0.473 e. The predicted molar refractivity (Wildman–Crippen MR) is 41.9 cm³/mol. The second-order valence-electron chi connectivity index (χ2n) is 2.55. The minimum Gasteiger partial charge on any atom is -0.473 e. The highest BCUT2D eigenvalue weighted by Gasteiger charge is 2.41. The molecule has 1 aliphatic rings. The Labute approximate surface area is 74.8 Å². The Hall–Kier alpha value is -1.61. The van der Waals surface area contributed by atoms with Gasteiger partial charge in [-0.25, -0.2) is 9.59 Å². The van der Waals surface area contributed by atoms with Crippen molar-refractivity contribution in [3.63, 3.8) is 0 Å². The first-order valence-electron chi connectivity index (χ1n) is 3.54. The second-order valence-corrected chi connectivity index (χ2v) is 2.55. The topological polar surface area (TPSA) is 110 Å². The molecule has 0 aliphatic heterocycles. The number of nitrogens with zero attached hydrogens (tertiary/aromatic N) is 1. The predicted octanol–water partition coefficient (Wildman–Crippen LogP) is -0.582. The van der Waals surface area contributed by atoms with E-state index in [9.17, 15) is 0 Å². The summed E-state index contributed by atoms with van der Waals surface area (Å²) in [5.41, 5.74) is -0.111. The van der Waals surface area contributed by atoms with Crippen molar-refractivity contribution < 1.29 is 19.8 Å². The smallest absolute Gasteiger partial charge is 0.414 e. The maximum Gasteiger partial charge on any atom is 0.414 e. The van der Waals surface area contributed by atoms with Gasteiger partial charge >= 0.3 is 11.9 Å². The van der Waals surface area contributed by atoms with Gasteiger partial charge in [0.2, 0.25) is 0 Å².